The van der Waals surface area contributed by atoms with E-state index in [4.69, 9.17) is 17.3 Å². The quantitative estimate of drug-likeness (QED) is 0.889. The van der Waals surface area contributed by atoms with Crippen LogP contribution in [-0.4, -0.2) is 0 Å². The summed E-state index contributed by atoms with van der Waals surface area (Å²) in [5, 5.41) is 0.428. The first-order valence-electron chi connectivity index (χ1n) is 5.82. The summed E-state index contributed by atoms with van der Waals surface area (Å²) in [6.07, 6.45) is 0.599. The summed E-state index contributed by atoms with van der Waals surface area (Å²) in [6.45, 7) is 2.03. The highest BCUT2D eigenvalue weighted by Crippen LogP contribution is 2.23. The fraction of sp³-hybridized carbons (Fsp3) is 0.200. The molecule has 2 N–H and O–H groups in total. The second kappa shape index (κ2) is 5.51. The highest BCUT2D eigenvalue weighted by Gasteiger charge is 2.10. The number of rotatable bonds is 3. The molecule has 0 radical (unpaired) electrons. The van der Waals surface area contributed by atoms with Crippen LogP contribution in [0.2, 0.25) is 5.02 Å². The summed E-state index contributed by atoms with van der Waals surface area (Å²) >= 11 is 5.99. The molecule has 0 aliphatic heterocycles. The molecule has 2 rings (SSSR count). The van der Waals surface area contributed by atoms with E-state index in [1.807, 2.05) is 31.2 Å². The van der Waals surface area contributed by atoms with Crippen molar-refractivity contribution in [1.82, 2.24) is 0 Å². The smallest absolute Gasteiger partial charge is 0.124 e. The van der Waals surface area contributed by atoms with Gasteiger partial charge in [0.1, 0.15) is 5.82 Å². The molecule has 0 fully saturated rings. The zero-order valence-electron chi connectivity index (χ0n) is 10.2. The summed E-state index contributed by atoms with van der Waals surface area (Å²) in [5.74, 6) is -0.326. The van der Waals surface area contributed by atoms with E-state index in [1.165, 1.54) is 17.7 Å². The van der Waals surface area contributed by atoms with Crippen LogP contribution in [0.5, 0.6) is 0 Å². The summed E-state index contributed by atoms with van der Waals surface area (Å²) in [4.78, 5) is 0. The Morgan fingerprint density at radius 1 is 1.17 bits per heavy atom. The van der Waals surface area contributed by atoms with Crippen molar-refractivity contribution in [1.29, 1.82) is 0 Å². The molecule has 18 heavy (non-hydrogen) atoms. The minimum atomic E-state index is -0.326. The fourth-order valence-electron chi connectivity index (χ4n) is 1.86. The molecule has 0 heterocycles. The van der Waals surface area contributed by atoms with Gasteiger partial charge in [0.05, 0.1) is 0 Å². The number of aryl methyl sites for hydroxylation is 1. The van der Waals surface area contributed by atoms with Crippen molar-refractivity contribution in [3.63, 3.8) is 0 Å². The van der Waals surface area contributed by atoms with Crippen molar-refractivity contribution in [3.8, 4) is 0 Å². The first kappa shape index (κ1) is 13.1. The summed E-state index contributed by atoms with van der Waals surface area (Å²) in [7, 11) is 0. The molecule has 0 aliphatic rings. The van der Waals surface area contributed by atoms with E-state index < -0.39 is 0 Å². The highest BCUT2D eigenvalue weighted by molar-refractivity contribution is 6.31. The van der Waals surface area contributed by atoms with Gasteiger partial charge in [0.25, 0.3) is 0 Å². The van der Waals surface area contributed by atoms with E-state index in [9.17, 15) is 4.39 Å². The lowest BCUT2D eigenvalue weighted by molar-refractivity contribution is 0.625. The van der Waals surface area contributed by atoms with Gasteiger partial charge in [0, 0.05) is 11.1 Å². The van der Waals surface area contributed by atoms with Gasteiger partial charge in [0.2, 0.25) is 0 Å². The van der Waals surface area contributed by atoms with Crippen molar-refractivity contribution in [2.75, 3.05) is 0 Å². The maximum atomic E-state index is 12.9. The van der Waals surface area contributed by atoms with Crippen LogP contribution in [0.25, 0.3) is 0 Å². The molecule has 0 bridgehead atoms. The predicted octanol–water partition coefficient (Wildman–Crippen LogP) is 4.03. The lowest BCUT2D eigenvalue weighted by Gasteiger charge is -2.13. The molecular weight excluding hydrogens is 249 g/mol. The third-order valence-electron chi connectivity index (χ3n) is 2.96. The Kier molecular flexibility index (Phi) is 4.00. The normalized spacial score (nSPS) is 12.4. The predicted molar refractivity (Wildman–Crippen MR) is 73.2 cm³/mol. The van der Waals surface area contributed by atoms with Gasteiger partial charge in [-0.25, -0.2) is 4.39 Å². The highest BCUT2D eigenvalue weighted by atomic mass is 35.5. The number of hydrogen-bond donors (Lipinski definition) is 1. The monoisotopic (exact) mass is 263 g/mol. The molecule has 94 valence electrons. The Morgan fingerprint density at radius 2 is 1.83 bits per heavy atom. The maximum Gasteiger partial charge on any atom is 0.124 e. The van der Waals surface area contributed by atoms with Gasteiger partial charge in [-0.15, -0.1) is 0 Å². The zero-order valence-corrected chi connectivity index (χ0v) is 10.9. The number of nitrogens with two attached hydrogens (primary N) is 1. The Balaban J connectivity index is 2.15. The largest absolute Gasteiger partial charge is 0.324 e. The minimum absolute atomic E-state index is 0.131. The number of halogens is 2. The van der Waals surface area contributed by atoms with Crippen LogP contribution in [0.1, 0.15) is 22.7 Å². The van der Waals surface area contributed by atoms with Gasteiger partial charge in [-0.1, -0.05) is 47.5 Å². The molecule has 2 aromatic rings. The molecule has 1 unspecified atom stereocenters. The van der Waals surface area contributed by atoms with Crippen LogP contribution in [0.15, 0.2) is 42.5 Å². The molecule has 0 aliphatic carbocycles. The van der Waals surface area contributed by atoms with Crippen molar-refractivity contribution in [3.05, 3.63) is 70.0 Å². The minimum Gasteiger partial charge on any atom is -0.324 e. The zero-order chi connectivity index (χ0) is 13.1. The van der Waals surface area contributed by atoms with Gasteiger partial charge >= 0.3 is 0 Å². The van der Waals surface area contributed by atoms with Gasteiger partial charge in [0.15, 0.2) is 0 Å². The third-order valence-corrected chi connectivity index (χ3v) is 3.31. The van der Waals surface area contributed by atoms with Crippen LogP contribution in [0, 0.1) is 12.7 Å². The summed E-state index contributed by atoms with van der Waals surface area (Å²) < 4.78 is 12.9. The van der Waals surface area contributed by atoms with E-state index >= 15 is 0 Å². The Hall–Kier alpha value is -1.38. The second-order valence-corrected chi connectivity index (χ2v) is 4.86. The Morgan fingerprint density at radius 3 is 2.44 bits per heavy atom. The maximum absolute atomic E-state index is 12.9. The van der Waals surface area contributed by atoms with E-state index in [1.54, 1.807) is 6.07 Å². The lowest BCUT2D eigenvalue weighted by atomic mass is 9.99. The fourth-order valence-corrected chi connectivity index (χ4v) is 2.10. The molecule has 2 aromatic carbocycles. The van der Waals surface area contributed by atoms with E-state index in [0.717, 1.165) is 11.1 Å². The topological polar surface area (TPSA) is 26.0 Å². The van der Waals surface area contributed by atoms with Crippen molar-refractivity contribution in [2.24, 2.45) is 5.73 Å². The van der Waals surface area contributed by atoms with Crippen LogP contribution in [-0.2, 0) is 6.42 Å². The lowest BCUT2D eigenvalue weighted by Crippen LogP contribution is -2.13. The summed E-state index contributed by atoms with van der Waals surface area (Å²) in [6, 6.07) is 12.4. The van der Waals surface area contributed by atoms with Gasteiger partial charge in [-0.05, 0) is 36.6 Å². The van der Waals surface area contributed by atoms with E-state index in [2.05, 4.69) is 0 Å². The van der Waals surface area contributed by atoms with Gasteiger partial charge < -0.3 is 5.73 Å². The van der Waals surface area contributed by atoms with Crippen molar-refractivity contribution >= 4 is 11.6 Å². The average molecular weight is 264 g/mol. The van der Waals surface area contributed by atoms with Crippen molar-refractivity contribution < 1.29 is 4.39 Å². The third kappa shape index (κ3) is 3.09. The molecule has 0 aromatic heterocycles. The Labute approximate surface area is 111 Å². The van der Waals surface area contributed by atoms with Crippen LogP contribution >= 0.6 is 11.6 Å². The van der Waals surface area contributed by atoms with Gasteiger partial charge in [-0.2, -0.15) is 0 Å². The SMILES string of the molecule is Cc1ccc(C(N)Cc2ccc(F)cc2Cl)cc1. The molecular formula is C15H15ClFN. The first-order chi connectivity index (χ1) is 8.56. The molecule has 0 amide bonds. The first-order valence-corrected chi connectivity index (χ1v) is 6.20. The summed E-state index contributed by atoms with van der Waals surface area (Å²) in [5.41, 5.74) is 9.25. The van der Waals surface area contributed by atoms with Crippen molar-refractivity contribution in [2.45, 2.75) is 19.4 Å². The van der Waals surface area contributed by atoms with E-state index in [-0.39, 0.29) is 11.9 Å². The molecule has 0 spiro atoms. The number of benzene rings is 2. The molecule has 0 saturated carbocycles. The average Bonchev–Trinajstić information content (AvgIpc) is 2.33. The molecule has 0 saturated heterocycles. The van der Waals surface area contributed by atoms with Gasteiger partial charge in [-0.3, -0.25) is 0 Å². The molecule has 1 nitrogen and oxygen atoms in total. The van der Waals surface area contributed by atoms with Crippen LogP contribution in [0.3, 0.4) is 0 Å². The second-order valence-electron chi connectivity index (χ2n) is 4.46. The standard InChI is InChI=1S/C15H15ClFN/c1-10-2-4-11(5-3-10)15(18)8-12-6-7-13(17)9-14(12)16/h2-7,9,15H,8,18H2,1H3. The van der Waals surface area contributed by atoms with Crippen LogP contribution in [0.4, 0.5) is 4.39 Å². The molecule has 3 heteroatoms. The van der Waals surface area contributed by atoms with E-state index in [0.29, 0.717) is 11.4 Å². The molecule has 1 atom stereocenters. The number of hydrogen-bond acceptors (Lipinski definition) is 1. The van der Waals surface area contributed by atoms with Crippen LogP contribution < -0.4 is 5.73 Å². The Bertz CT molecular complexity index is 537.